The highest BCUT2D eigenvalue weighted by atomic mass is 19.1. The predicted octanol–water partition coefficient (Wildman–Crippen LogP) is 6.98. The molecule has 0 radical (unpaired) electrons. The zero-order valence-corrected chi connectivity index (χ0v) is 29.2. The number of hydrogen-bond acceptors (Lipinski definition) is 10. The molecule has 5 rings (SSSR count). The summed E-state index contributed by atoms with van der Waals surface area (Å²) in [5.41, 5.74) is 5.45. The maximum Gasteiger partial charge on any atom is 0.418 e. The van der Waals surface area contributed by atoms with Crippen LogP contribution in [0.5, 0.6) is 23.1 Å². The topological polar surface area (TPSA) is 110 Å². The molecule has 1 aliphatic rings. The first-order chi connectivity index (χ1) is 23.5. The average molecular weight is 673 g/mol. The molecule has 0 aliphatic carbocycles. The molecule has 0 atom stereocenters. The number of benzene rings is 3. The minimum absolute atomic E-state index is 0.00948. The van der Waals surface area contributed by atoms with Crippen LogP contribution in [0.4, 0.5) is 26.5 Å². The molecule has 1 amide bonds. The van der Waals surface area contributed by atoms with Crippen LogP contribution in [0.3, 0.4) is 0 Å². The second-order valence-electron chi connectivity index (χ2n) is 12.3. The van der Waals surface area contributed by atoms with Crippen molar-refractivity contribution in [1.82, 2.24) is 19.8 Å². The molecule has 3 aromatic carbocycles. The van der Waals surface area contributed by atoms with Gasteiger partial charge in [-0.3, -0.25) is 15.1 Å². The molecule has 49 heavy (non-hydrogen) atoms. The molecule has 11 nitrogen and oxygen atoms in total. The van der Waals surface area contributed by atoms with E-state index in [0.717, 1.165) is 55.0 Å². The van der Waals surface area contributed by atoms with E-state index in [9.17, 15) is 4.79 Å². The molecule has 2 N–H and O–H groups in total. The zero-order valence-electron chi connectivity index (χ0n) is 29.2. The summed E-state index contributed by atoms with van der Waals surface area (Å²) in [5, 5.41) is 5.75. The van der Waals surface area contributed by atoms with E-state index >= 15 is 4.39 Å². The van der Waals surface area contributed by atoms with Crippen molar-refractivity contribution in [2.45, 2.75) is 40.7 Å². The van der Waals surface area contributed by atoms with Crippen molar-refractivity contribution in [2.24, 2.45) is 0 Å². The van der Waals surface area contributed by atoms with Crippen molar-refractivity contribution in [3.8, 4) is 34.4 Å². The second kappa shape index (κ2) is 16.0. The minimum atomic E-state index is -0.787. The van der Waals surface area contributed by atoms with Crippen LogP contribution in [0, 0.1) is 26.6 Å². The summed E-state index contributed by atoms with van der Waals surface area (Å²) in [6.45, 7) is 15.6. The number of methoxy groups -OCH3 is 2. The number of amides is 1. The molecular formula is C37H45FN6O5. The summed E-state index contributed by atoms with van der Waals surface area (Å²) in [4.78, 5) is 27.0. The fourth-order valence-electron chi connectivity index (χ4n) is 5.65. The smallest absolute Gasteiger partial charge is 0.418 e. The first-order valence-electron chi connectivity index (χ1n) is 16.4. The summed E-state index contributed by atoms with van der Waals surface area (Å²) in [6, 6.07) is 15.7. The number of carbonyl (C=O) groups is 1. The van der Waals surface area contributed by atoms with Gasteiger partial charge in [-0.15, -0.1) is 0 Å². The van der Waals surface area contributed by atoms with E-state index in [1.807, 2.05) is 32.9 Å². The number of piperazine rings is 1. The highest BCUT2D eigenvalue weighted by Gasteiger charge is 2.19. The molecule has 2 heterocycles. The Balaban J connectivity index is 1.32. The lowest BCUT2D eigenvalue weighted by molar-refractivity contribution is 0.0965. The van der Waals surface area contributed by atoms with Gasteiger partial charge in [0.05, 0.1) is 25.6 Å². The van der Waals surface area contributed by atoms with Gasteiger partial charge in [0, 0.05) is 68.2 Å². The van der Waals surface area contributed by atoms with Gasteiger partial charge < -0.3 is 24.3 Å². The van der Waals surface area contributed by atoms with Gasteiger partial charge in [-0.1, -0.05) is 12.1 Å². The normalized spacial score (nSPS) is 13.7. The fraction of sp³-hybridized carbons (Fsp3) is 0.378. The maximum absolute atomic E-state index is 15.2. The molecule has 0 unspecified atom stereocenters. The third-order valence-electron chi connectivity index (χ3n) is 8.87. The molecule has 0 bridgehead atoms. The van der Waals surface area contributed by atoms with E-state index in [-0.39, 0.29) is 17.6 Å². The number of hydrogen-bond donors (Lipinski definition) is 2. The molecule has 1 saturated heterocycles. The summed E-state index contributed by atoms with van der Waals surface area (Å²) in [7, 11) is 3.03. The number of carbonyl (C=O) groups excluding carboxylic acids is 1. The summed E-state index contributed by atoms with van der Waals surface area (Å²) in [6.07, 6.45) is -0.787. The molecule has 0 spiro atoms. The number of halogens is 1. The van der Waals surface area contributed by atoms with Gasteiger partial charge in [0.15, 0.2) is 11.6 Å². The van der Waals surface area contributed by atoms with Crippen molar-refractivity contribution in [3.63, 3.8) is 0 Å². The minimum Gasteiger partial charge on any atom is -0.497 e. The Bertz CT molecular complexity index is 1780. The number of anilines is 3. The van der Waals surface area contributed by atoms with E-state index in [0.29, 0.717) is 41.2 Å². The average Bonchev–Trinajstić information content (AvgIpc) is 3.08. The maximum atomic E-state index is 15.2. The van der Waals surface area contributed by atoms with E-state index < -0.39 is 11.9 Å². The van der Waals surface area contributed by atoms with Crippen LogP contribution in [-0.2, 0) is 0 Å². The molecule has 0 saturated carbocycles. The number of ether oxygens (including phenoxy) is 4. The Morgan fingerprint density at radius 1 is 0.898 bits per heavy atom. The third kappa shape index (κ3) is 8.95. The Hall–Kier alpha value is -4.94. The fourth-order valence-corrected chi connectivity index (χ4v) is 5.65. The molecular weight excluding hydrogens is 627 g/mol. The van der Waals surface area contributed by atoms with E-state index in [1.54, 1.807) is 43.5 Å². The van der Waals surface area contributed by atoms with Gasteiger partial charge in [0.1, 0.15) is 18.1 Å². The summed E-state index contributed by atoms with van der Waals surface area (Å²) >= 11 is 0. The van der Waals surface area contributed by atoms with Crippen LogP contribution >= 0.6 is 0 Å². The molecule has 1 aliphatic heterocycles. The Morgan fingerprint density at radius 2 is 1.67 bits per heavy atom. The van der Waals surface area contributed by atoms with E-state index in [2.05, 4.69) is 39.3 Å². The molecule has 1 aromatic heterocycles. The standard InChI is InChI=1S/C37H45FN6O5/c1-23(2)44-16-14-43(15-17-44)18-19-48-33-13-9-27(20-30(33)38)39-36-40-32(29-11-8-24(3)25(4)26(29)5)22-35(42-36)49-37(45)41-31-12-10-28(46-6)21-34(31)47-7/h8-13,20-23H,14-19H2,1-7H3,(H,41,45)(H,39,40,42). The lowest BCUT2D eigenvalue weighted by Gasteiger charge is -2.36. The lowest BCUT2D eigenvalue weighted by atomic mass is 9.97. The number of nitrogens with one attached hydrogen (secondary N) is 2. The van der Waals surface area contributed by atoms with Crippen molar-refractivity contribution < 1.29 is 28.1 Å². The van der Waals surface area contributed by atoms with E-state index in [1.165, 1.54) is 13.2 Å². The molecule has 12 heteroatoms. The Labute approximate surface area is 287 Å². The highest BCUT2D eigenvalue weighted by Crippen LogP contribution is 2.32. The van der Waals surface area contributed by atoms with Crippen molar-refractivity contribution in [3.05, 3.63) is 77.1 Å². The number of aryl methyl sites for hydroxylation is 1. The van der Waals surface area contributed by atoms with Gasteiger partial charge in [0.2, 0.25) is 11.8 Å². The molecule has 260 valence electrons. The number of rotatable bonds is 12. The zero-order chi connectivity index (χ0) is 35.1. The van der Waals surface area contributed by atoms with Crippen LogP contribution in [0.15, 0.2) is 54.6 Å². The number of aromatic nitrogens is 2. The van der Waals surface area contributed by atoms with Gasteiger partial charge in [-0.2, -0.15) is 4.98 Å². The van der Waals surface area contributed by atoms with E-state index in [4.69, 9.17) is 23.9 Å². The van der Waals surface area contributed by atoms with Crippen LogP contribution in [0.1, 0.15) is 30.5 Å². The molecule has 1 fully saturated rings. The highest BCUT2D eigenvalue weighted by molar-refractivity contribution is 5.88. The van der Waals surface area contributed by atoms with Crippen LogP contribution in [-0.4, -0.2) is 85.5 Å². The van der Waals surface area contributed by atoms with Crippen LogP contribution < -0.4 is 29.6 Å². The van der Waals surface area contributed by atoms with Crippen molar-refractivity contribution >= 4 is 23.4 Å². The van der Waals surface area contributed by atoms with Crippen LogP contribution in [0.2, 0.25) is 0 Å². The SMILES string of the molecule is COc1ccc(NC(=O)Oc2cc(-c3ccc(C)c(C)c3C)nc(Nc3ccc(OCCN4CCN(C(C)C)CC4)c(F)c3)n2)c(OC)c1. The van der Waals surface area contributed by atoms with Crippen molar-refractivity contribution in [1.29, 1.82) is 0 Å². The summed E-state index contributed by atoms with van der Waals surface area (Å²) in [5.74, 6) is 0.731. The monoisotopic (exact) mass is 672 g/mol. The third-order valence-corrected chi connectivity index (χ3v) is 8.87. The Kier molecular flexibility index (Phi) is 11.5. The first-order valence-corrected chi connectivity index (χ1v) is 16.4. The first kappa shape index (κ1) is 35.4. The number of nitrogens with zero attached hydrogens (tertiary/aromatic N) is 4. The summed E-state index contributed by atoms with van der Waals surface area (Å²) < 4.78 is 37.2. The van der Waals surface area contributed by atoms with Gasteiger partial charge >= 0.3 is 6.09 Å². The van der Waals surface area contributed by atoms with Crippen LogP contribution in [0.25, 0.3) is 11.3 Å². The molecule has 4 aromatic rings. The quantitative estimate of drug-likeness (QED) is 0.164. The Morgan fingerprint density at radius 3 is 2.37 bits per heavy atom. The van der Waals surface area contributed by atoms with Gasteiger partial charge in [0.25, 0.3) is 0 Å². The van der Waals surface area contributed by atoms with Crippen molar-refractivity contribution in [2.75, 3.05) is 64.2 Å². The van der Waals surface area contributed by atoms with Gasteiger partial charge in [-0.05, 0) is 75.6 Å². The largest absolute Gasteiger partial charge is 0.497 e. The lowest BCUT2D eigenvalue weighted by Crippen LogP contribution is -2.49. The second-order valence-corrected chi connectivity index (χ2v) is 12.3. The predicted molar refractivity (Wildman–Crippen MR) is 189 cm³/mol. The van der Waals surface area contributed by atoms with Gasteiger partial charge in [-0.25, -0.2) is 14.2 Å².